The number of halogens is 2. The van der Waals surface area contributed by atoms with Gasteiger partial charge in [0.25, 0.3) is 5.88 Å². The third-order valence-electron chi connectivity index (χ3n) is 6.22. The number of aromatic nitrogens is 2. The average Bonchev–Trinajstić information content (AvgIpc) is 3.46. The predicted molar refractivity (Wildman–Crippen MR) is 138 cm³/mol. The highest BCUT2D eigenvalue weighted by atomic mass is 19.2. The maximum absolute atomic E-state index is 14.0. The number of likely N-dealkylation sites (tertiary alicyclic amines) is 1. The molecule has 0 aliphatic carbocycles. The van der Waals surface area contributed by atoms with Crippen molar-refractivity contribution >= 4 is 17.9 Å². The Bertz CT molecular complexity index is 1310. The highest BCUT2D eigenvalue weighted by Crippen LogP contribution is 2.37. The lowest BCUT2D eigenvalue weighted by Gasteiger charge is -2.21. The number of methoxy groups -OCH3 is 1. The molecule has 0 radical (unpaired) electrons. The van der Waals surface area contributed by atoms with Crippen LogP contribution in [0.3, 0.4) is 0 Å². The van der Waals surface area contributed by atoms with Gasteiger partial charge in [-0.3, -0.25) is 10.2 Å². The molecule has 1 aliphatic heterocycles. The highest BCUT2D eigenvalue weighted by molar-refractivity contribution is 5.92. The minimum atomic E-state index is -1.12. The number of amides is 3. The third kappa shape index (κ3) is 6.62. The van der Waals surface area contributed by atoms with Crippen molar-refractivity contribution in [1.82, 2.24) is 20.0 Å². The van der Waals surface area contributed by atoms with Crippen molar-refractivity contribution < 1.29 is 32.6 Å². The van der Waals surface area contributed by atoms with E-state index in [1.807, 2.05) is 6.07 Å². The zero-order valence-electron chi connectivity index (χ0n) is 21.5. The highest BCUT2D eigenvalue weighted by Gasteiger charge is 2.36. The molecule has 0 unspecified atom stereocenters. The Hall–Kier alpha value is -4.23. The molecule has 2 heterocycles. The van der Waals surface area contributed by atoms with Gasteiger partial charge in [0, 0.05) is 32.7 Å². The first-order chi connectivity index (χ1) is 18.8. The maximum atomic E-state index is 14.0. The van der Waals surface area contributed by atoms with Crippen LogP contribution in [-0.2, 0) is 4.74 Å². The Kier molecular flexibility index (Phi) is 8.94. The van der Waals surface area contributed by atoms with Crippen LogP contribution in [0.5, 0.6) is 11.6 Å². The summed E-state index contributed by atoms with van der Waals surface area (Å²) in [6, 6.07) is 11.4. The van der Waals surface area contributed by atoms with Crippen molar-refractivity contribution in [2.45, 2.75) is 18.9 Å². The molecular formula is C26H30F2N6O5. The van der Waals surface area contributed by atoms with Gasteiger partial charge in [0.2, 0.25) is 5.75 Å². The largest absolute Gasteiger partial charge is 0.474 e. The fourth-order valence-electron chi connectivity index (χ4n) is 4.50. The SMILES string of the molecule is CCOc1nn(-c2ccccc2)c(NC(=O)N[C@@H]2CN(CCOC)C[C@H]2c2ccc(F)c(F)c2)c1OC(N)=O. The number of benzene rings is 2. The van der Waals surface area contributed by atoms with Gasteiger partial charge >= 0.3 is 12.1 Å². The number of nitrogens with one attached hydrogen (secondary N) is 2. The van der Waals surface area contributed by atoms with E-state index in [9.17, 15) is 18.4 Å². The van der Waals surface area contributed by atoms with Crippen molar-refractivity contribution in [1.29, 1.82) is 0 Å². The predicted octanol–water partition coefficient (Wildman–Crippen LogP) is 3.24. The first-order valence-electron chi connectivity index (χ1n) is 12.3. The Morgan fingerprint density at radius 1 is 1.13 bits per heavy atom. The number of hydrogen-bond donors (Lipinski definition) is 3. The minimum absolute atomic E-state index is 0.0135. The van der Waals surface area contributed by atoms with Gasteiger partial charge in [0.15, 0.2) is 17.5 Å². The first kappa shape index (κ1) is 27.8. The molecule has 11 nitrogen and oxygen atoms in total. The summed E-state index contributed by atoms with van der Waals surface area (Å²) in [5.74, 6) is -2.43. The van der Waals surface area contributed by atoms with Crippen molar-refractivity contribution in [3.63, 3.8) is 0 Å². The number of carbonyl (C=O) groups excluding carboxylic acids is 2. The quantitative estimate of drug-likeness (QED) is 0.357. The monoisotopic (exact) mass is 544 g/mol. The molecule has 2 atom stereocenters. The number of nitrogens with zero attached hydrogens (tertiary/aromatic N) is 3. The van der Waals surface area contributed by atoms with E-state index in [1.54, 1.807) is 38.3 Å². The molecule has 0 spiro atoms. The van der Waals surface area contributed by atoms with E-state index in [0.717, 1.165) is 12.1 Å². The number of ether oxygens (including phenoxy) is 3. The van der Waals surface area contributed by atoms with Crippen molar-refractivity contribution in [2.75, 3.05) is 45.3 Å². The lowest BCUT2D eigenvalue weighted by atomic mass is 9.94. The van der Waals surface area contributed by atoms with Gasteiger partial charge in [-0.1, -0.05) is 24.3 Å². The van der Waals surface area contributed by atoms with E-state index in [-0.39, 0.29) is 30.0 Å². The summed E-state index contributed by atoms with van der Waals surface area (Å²) < 4.78 is 44.9. The van der Waals surface area contributed by atoms with Gasteiger partial charge in [-0.2, -0.15) is 0 Å². The number of anilines is 1. The summed E-state index contributed by atoms with van der Waals surface area (Å²) in [4.78, 5) is 27.0. The fourth-order valence-corrected chi connectivity index (χ4v) is 4.50. The Labute approximate surface area is 223 Å². The van der Waals surface area contributed by atoms with E-state index in [4.69, 9.17) is 19.9 Å². The van der Waals surface area contributed by atoms with Crippen LogP contribution in [-0.4, -0.2) is 72.8 Å². The second kappa shape index (κ2) is 12.5. The molecule has 1 saturated heterocycles. The molecule has 2 aromatic carbocycles. The second-order valence-electron chi connectivity index (χ2n) is 8.82. The van der Waals surface area contributed by atoms with Gasteiger partial charge in [0.1, 0.15) is 0 Å². The molecule has 39 heavy (non-hydrogen) atoms. The molecule has 0 saturated carbocycles. The topological polar surface area (TPSA) is 133 Å². The number of rotatable bonds is 10. The number of carbonyl (C=O) groups is 2. The molecule has 208 valence electrons. The first-order valence-corrected chi connectivity index (χ1v) is 12.3. The molecule has 1 aliphatic rings. The van der Waals surface area contributed by atoms with Crippen LogP contribution in [0.2, 0.25) is 0 Å². The zero-order valence-corrected chi connectivity index (χ0v) is 21.5. The Morgan fingerprint density at radius 3 is 2.56 bits per heavy atom. The number of primary amides is 1. The van der Waals surface area contributed by atoms with Crippen LogP contribution >= 0.6 is 0 Å². The summed E-state index contributed by atoms with van der Waals surface area (Å²) in [6.45, 7) is 3.92. The summed E-state index contributed by atoms with van der Waals surface area (Å²) in [5, 5.41) is 9.97. The average molecular weight is 545 g/mol. The normalized spacial score (nSPS) is 17.1. The van der Waals surface area contributed by atoms with Gasteiger partial charge in [-0.05, 0) is 36.8 Å². The lowest BCUT2D eigenvalue weighted by molar-refractivity contribution is 0.159. The third-order valence-corrected chi connectivity index (χ3v) is 6.22. The van der Waals surface area contributed by atoms with Gasteiger partial charge in [-0.25, -0.2) is 23.1 Å². The van der Waals surface area contributed by atoms with Crippen LogP contribution in [0.15, 0.2) is 48.5 Å². The van der Waals surface area contributed by atoms with Crippen LogP contribution in [0.4, 0.5) is 24.2 Å². The molecule has 4 N–H and O–H groups in total. The van der Waals surface area contributed by atoms with Gasteiger partial charge in [-0.15, -0.1) is 5.10 Å². The van der Waals surface area contributed by atoms with E-state index in [2.05, 4.69) is 20.6 Å². The Balaban J connectivity index is 1.63. The fraction of sp³-hybridized carbons (Fsp3) is 0.346. The number of urea groups is 1. The smallest absolute Gasteiger partial charge is 0.410 e. The van der Waals surface area contributed by atoms with E-state index in [0.29, 0.717) is 37.5 Å². The Morgan fingerprint density at radius 2 is 1.90 bits per heavy atom. The molecule has 3 aromatic rings. The molecule has 0 bridgehead atoms. The van der Waals surface area contributed by atoms with Gasteiger partial charge < -0.3 is 25.3 Å². The van der Waals surface area contributed by atoms with Gasteiger partial charge in [0.05, 0.1) is 24.9 Å². The summed E-state index contributed by atoms with van der Waals surface area (Å²) in [6.07, 6.45) is -1.12. The molecule has 3 amide bonds. The summed E-state index contributed by atoms with van der Waals surface area (Å²) >= 11 is 0. The van der Waals surface area contributed by atoms with Crippen molar-refractivity contribution in [3.05, 3.63) is 65.7 Å². The van der Waals surface area contributed by atoms with Crippen molar-refractivity contribution in [2.24, 2.45) is 5.73 Å². The molecule has 1 fully saturated rings. The lowest BCUT2D eigenvalue weighted by Crippen LogP contribution is -2.42. The number of nitrogens with two attached hydrogens (primary N) is 1. The molecule has 4 rings (SSSR count). The van der Waals surface area contributed by atoms with Crippen molar-refractivity contribution in [3.8, 4) is 17.3 Å². The second-order valence-corrected chi connectivity index (χ2v) is 8.82. The molecule has 1 aromatic heterocycles. The zero-order chi connectivity index (χ0) is 27.9. The van der Waals surface area contributed by atoms with Crippen LogP contribution in [0.25, 0.3) is 5.69 Å². The van der Waals surface area contributed by atoms with Crippen LogP contribution in [0.1, 0.15) is 18.4 Å². The van der Waals surface area contributed by atoms with Crippen LogP contribution < -0.4 is 25.8 Å². The maximum Gasteiger partial charge on any atom is 0.410 e. The standard InChI is InChI=1S/C26H30F2N6O5/c1-3-38-24-22(39-25(29)35)23(34(32-24)17-7-5-4-6-8-17)31-26(36)30-21-15-33(11-12-37-2)14-18(21)16-9-10-19(27)20(28)13-16/h4-10,13,18,21H,3,11-12,14-15H2,1-2H3,(H2,29,35)(H2,30,31,36)/t18-,21+/m0/s1. The number of para-hydroxylation sites is 1. The van der Waals surface area contributed by atoms with Crippen LogP contribution in [0, 0.1) is 11.6 Å². The molecular weight excluding hydrogens is 514 g/mol. The van der Waals surface area contributed by atoms with E-state index in [1.165, 1.54) is 10.7 Å². The van der Waals surface area contributed by atoms with E-state index >= 15 is 0 Å². The summed E-state index contributed by atoms with van der Waals surface area (Å²) in [5.41, 5.74) is 6.38. The molecule has 13 heteroatoms. The van der Waals surface area contributed by atoms with E-state index < -0.39 is 29.8 Å². The number of hydrogen-bond acceptors (Lipinski definition) is 7. The summed E-state index contributed by atoms with van der Waals surface area (Å²) in [7, 11) is 1.59. The minimum Gasteiger partial charge on any atom is -0.474 e.